The molecule has 0 saturated carbocycles. The number of methoxy groups -OCH3 is 1. The highest BCUT2D eigenvalue weighted by molar-refractivity contribution is 5.81. The number of aliphatic hydroxyl groups excluding tert-OH is 1. The van der Waals surface area contributed by atoms with Gasteiger partial charge in [-0.15, -0.1) is 0 Å². The third-order valence-electron chi connectivity index (χ3n) is 3.48. The largest absolute Gasteiger partial charge is 0.394 e. The number of amides is 1. The second-order valence-electron chi connectivity index (χ2n) is 5.36. The molecule has 1 aromatic carbocycles. The van der Waals surface area contributed by atoms with Gasteiger partial charge in [0.1, 0.15) is 0 Å². The molecular weight excluding hydrogens is 268 g/mol. The number of rotatable bonds is 9. The van der Waals surface area contributed by atoms with Gasteiger partial charge in [-0.1, -0.05) is 30.3 Å². The molecule has 0 aliphatic heterocycles. The summed E-state index contributed by atoms with van der Waals surface area (Å²) in [6, 6.07) is 9.23. The summed E-state index contributed by atoms with van der Waals surface area (Å²) in [5, 5.41) is 15.8. The average Bonchev–Trinajstić information content (AvgIpc) is 2.52. The van der Waals surface area contributed by atoms with Gasteiger partial charge in [0, 0.05) is 20.3 Å². The molecule has 0 spiro atoms. The lowest BCUT2D eigenvalue weighted by atomic mass is 9.92. The summed E-state index contributed by atoms with van der Waals surface area (Å²) in [4.78, 5) is 12.0. The molecule has 1 rings (SSSR count). The van der Waals surface area contributed by atoms with Gasteiger partial charge in [0.25, 0.3) is 0 Å². The van der Waals surface area contributed by atoms with Crippen molar-refractivity contribution < 1.29 is 14.6 Å². The molecule has 0 radical (unpaired) electrons. The van der Waals surface area contributed by atoms with Gasteiger partial charge in [0.05, 0.1) is 18.2 Å². The van der Waals surface area contributed by atoms with E-state index in [1.807, 2.05) is 37.3 Å². The molecule has 0 aromatic heterocycles. The SMILES string of the molecule is COCCCNC(=O)C(C)NC(C)(CO)c1ccccc1. The van der Waals surface area contributed by atoms with Gasteiger partial charge in [-0.25, -0.2) is 0 Å². The first kappa shape index (κ1) is 17.6. The maximum atomic E-state index is 12.0. The fraction of sp³-hybridized carbons (Fsp3) is 0.562. The molecule has 1 aromatic rings. The van der Waals surface area contributed by atoms with Gasteiger partial charge in [0.2, 0.25) is 5.91 Å². The van der Waals surface area contributed by atoms with Crippen molar-refractivity contribution in [2.45, 2.75) is 31.8 Å². The van der Waals surface area contributed by atoms with Gasteiger partial charge in [-0.2, -0.15) is 0 Å². The Morgan fingerprint density at radius 3 is 2.62 bits per heavy atom. The standard InChI is InChI=1S/C16H26N2O3/c1-13(15(20)17-10-7-11-21-3)18-16(2,12-19)14-8-5-4-6-9-14/h4-6,8-9,13,18-19H,7,10-12H2,1-3H3,(H,17,20). The van der Waals surface area contributed by atoms with E-state index in [0.29, 0.717) is 13.2 Å². The lowest BCUT2D eigenvalue weighted by Gasteiger charge is -2.32. The number of ether oxygens (including phenoxy) is 1. The Bertz CT molecular complexity index is 425. The van der Waals surface area contributed by atoms with Crippen LogP contribution in [-0.2, 0) is 15.1 Å². The third-order valence-corrected chi connectivity index (χ3v) is 3.48. The number of nitrogens with one attached hydrogen (secondary N) is 2. The second-order valence-corrected chi connectivity index (χ2v) is 5.36. The molecule has 0 fully saturated rings. The van der Waals surface area contributed by atoms with Crippen molar-refractivity contribution in [2.75, 3.05) is 26.9 Å². The van der Waals surface area contributed by atoms with Crippen LogP contribution in [0.2, 0.25) is 0 Å². The summed E-state index contributed by atoms with van der Waals surface area (Å²) in [5.74, 6) is -0.0818. The van der Waals surface area contributed by atoms with Crippen LogP contribution in [-0.4, -0.2) is 43.9 Å². The van der Waals surface area contributed by atoms with Crippen molar-refractivity contribution in [3.8, 4) is 0 Å². The summed E-state index contributed by atoms with van der Waals surface area (Å²) >= 11 is 0. The van der Waals surface area contributed by atoms with E-state index in [4.69, 9.17) is 4.74 Å². The first-order valence-electron chi connectivity index (χ1n) is 7.24. The normalized spacial score (nSPS) is 15.2. The maximum Gasteiger partial charge on any atom is 0.236 e. The molecule has 0 heterocycles. The molecule has 3 N–H and O–H groups in total. The van der Waals surface area contributed by atoms with Crippen LogP contribution in [0, 0.1) is 0 Å². The quantitative estimate of drug-likeness (QED) is 0.595. The number of hydrogen-bond acceptors (Lipinski definition) is 4. The van der Waals surface area contributed by atoms with E-state index in [2.05, 4.69) is 10.6 Å². The van der Waals surface area contributed by atoms with Gasteiger partial charge in [0.15, 0.2) is 0 Å². The lowest BCUT2D eigenvalue weighted by Crippen LogP contribution is -2.53. The number of carbonyl (C=O) groups is 1. The highest BCUT2D eigenvalue weighted by Crippen LogP contribution is 2.20. The summed E-state index contributed by atoms with van der Waals surface area (Å²) in [5.41, 5.74) is 0.302. The second kappa shape index (κ2) is 8.77. The Balaban J connectivity index is 2.58. The highest BCUT2D eigenvalue weighted by Gasteiger charge is 2.29. The first-order chi connectivity index (χ1) is 10.0. The van der Waals surface area contributed by atoms with E-state index < -0.39 is 11.6 Å². The molecule has 2 atom stereocenters. The Hall–Kier alpha value is -1.43. The number of hydrogen-bond donors (Lipinski definition) is 3. The van der Waals surface area contributed by atoms with E-state index in [-0.39, 0.29) is 12.5 Å². The topological polar surface area (TPSA) is 70.6 Å². The van der Waals surface area contributed by atoms with E-state index >= 15 is 0 Å². The number of benzene rings is 1. The monoisotopic (exact) mass is 294 g/mol. The third kappa shape index (κ3) is 5.46. The Kier molecular flexibility index (Phi) is 7.36. The van der Waals surface area contributed by atoms with E-state index in [0.717, 1.165) is 12.0 Å². The van der Waals surface area contributed by atoms with Gasteiger partial charge < -0.3 is 15.2 Å². The van der Waals surface area contributed by atoms with E-state index in [1.54, 1.807) is 14.0 Å². The van der Waals surface area contributed by atoms with E-state index in [1.165, 1.54) is 0 Å². The van der Waals surface area contributed by atoms with Crippen molar-refractivity contribution >= 4 is 5.91 Å². The number of carbonyl (C=O) groups excluding carboxylic acids is 1. The fourth-order valence-corrected chi connectivity index (χ4v) is 2.15. The molecule has 0 bridgehead atoms. The molecule has 2 unspecified atom stereocenters. The van der Waals surface area contributed by atoms with Gasteiger partial charge in [-0.3, -0.25) is 10.1 Å². The summed E-state index contributed by atoms with van der Waals surface area (Å²) < 4.78 is 4.94. The maximum absolute atomic E-state index is 12.0. The molecule has 0 aliphatic rings. The Labute approximate surface area is 126 Å². The molecule has 5 nitrogen and oxygen atoms in total. The zero-order chi connectivity index (χ0) is 15.7. The minimum absolute atomic E-state index is 0.0818. The summed E-state index contributed by atoms with van der Waals surface area (Å²) in [7, 11) is 1.64. The van der Waals surface area contributed by atoms with Crippen LogP contribution < -0.4 is 10.6 Å². The minimum atomic E-state index is -0.648. The van der Waals surface area contributed by atoms with Crippen LogP contribution in [0.15, 0.2) is 30.3 Å². The zero-order valence-corrected chi connectivity index (χ0v) is 13.1. The molecular formula is C16H26N2O3. The van der Waals surface area contributed by atoms with Crippen molar-refractivity contribution in [3.63, 3.8) is 0 Å². The van der Waals surface area contributed by atoms with Crippen LogP contribution in [0.5, 0.6) is 0 Å². The smallest absolute Gasteiger partial charge is 0.236 e. The minimum Gasteiger partial charge on any atom is -0.394 e. The molecule has 1 amide bonds. The molecule has 118 valence electrons. The van der Waals surface area contributed by atoms with Crippen molar-refractivity contribution in [3.05, 3.63) is 35.9 Å². The Morgan fingerprint density at radius 2 is 2.05 bits per heavy atom. The van der Waals surface area contributed by atoms with Crippen LogP contribution >= 0.6 is 0 Å². The molecule has 0 aliphatic carbocycles. The fourth-order valence-electron chi connectivity index (χ4n) is 2.15. The molecule has 21 heavy (non-hydrogen) atoms. The average molecular weight is 294 g/mol. The predicted octanol–water partition coefficient (Wildman–Crippen LogP) is 1.02. The van der Waals surface area contributed by atoms with Crippen LogP contribution in [0.25, 0.3) is 0 Å². The van der Waals surface area contributed by atoms with Crippen molar-refractivity contribution in [1.82, 2.24) is 10.6 Å². The van der Waals surface area contributed by atoms with Crippen LogP contribution in [0.4, 0.5) is 0 Å². The predicted molar refractivity (Wildman–Crippen MR) is 83.0 cm³/mol. The van der Waals surface area contributed by atoms with Crippen LogP contribution in [0.3, 0.4) is 0 Å². The van der Waals surface area contributed by atoms with E-state index in [9.17, 15) is 9.90 Å². The first-order valence-corrected chi connectivity index (χ1v) is 7.24. The lowest BCUT2D eigenvalue weighted by molar-refractivity contribution is -0.123. The zero-order valence-electron chi connectivity index (χ0n) is 13.1. The highest BCUT2D eigenvalue weighted by atomic mass is 16.5. The summed E-state index contributed by atoms with van der Waals surface area (Å²) in [6.07, 6.45) is 0.783. The number of aliphatic hydroxyl groups is 1. The Morgan fingerprint density at radius 1 is 1.38 bits per heavy atom. The molecule has 0 saturated heterocycles. The van der Waals surface area contributed by atoms with Gasteiger partial charge in [-0.05, 0) is 25.8 Å². The molecule has 5 heteroatoms. The van der Waals surface area contributed by atoms with Crippen molar-refractivity contribution in [1.29, 1.82) is 0 Å². The van der Waals surface area contributed by atoms with Crippen LogP contribution in [0.1, 0.15) is 25.8 Å². The summed E-state index contributed by atoms with van der Waals surface area (Å²) in [6.45, 7) is 4.80. The van der Waals surface area contributed by atoms with Crippen molar-refractivity contribution in [2.24, 2.45) is 0 Å². The van der Waals surface area contributed by atoms with Gasteiger partial charge >= 0.3 is 0 Å².